The first-order valence-corrected chi connectivity index (χ1v) is 8.08. The molecule has 0 radical (unpaired) electrons. The van der Waals surface area contributed by atoms with Crippen molar-refractivity contribution in [3.63, 3.8) is 0 Å². The first-order valence-electron chi connectivity index (χ1n) is 8.08. The molecular weight excluding hydrogens is 258 g/mol. The van der Waals surface area contributed by atoms with E-state index in [1.165, 1.54) is 31.2 Å². The summed E-state index contributed by atoms with van der Waals surface area (Å²) in [7, 11) is 0. The van der Waals surface area contributed by atoms with Crippen LogP contribution in [0, 0.1) is 5.92 Å². The quantitative estimate of drug-likeness (QED) is 0.895. The minimum absolute atomic E-state index is 0.400. The van der Waals surface area contributed by atoms with Crippen LogP contribution in [0.3, 0.4) is 0 Å². The summed E-state index contributed by atoms with van der Waals surface area (Å²) in [5.74, 6) is 0.859. The van der Waals surface area contributed by atoms with Gasteiger partial charge in [0.05, 0.1) is 6.33 Å². The number of nitrogens with one attached hydrogen (secondary N) is 1. The van der Waals surface area contributed by atoms with E-state index in [2.05, 4.69) is 48.4 Å². The van der Waals surface area contributed by atoms with Crippen molar-refractivity contribution in [2.75, 3.05) is 0 Å². The smallest absolute Gasteiger partial charge is 0.0991 e. The zero-order valence-corrected chi connectivity index (χ0v) is 13.0. The second-order valence-corrected chi connectivity index (χ2v) is 6.28. The highest BCUT2D eigenvalue weighted by molar-refractivity contribution is 5.35. The number of rotatable bonds is 5. The molecule has 1 aromatic carbocycles. The van der Waals surface area contributed by atoms with Crippen LogP contribution in [0.15, 0.2) is 43.0 Å². The molecule has 1 aliphatic carbocycles. The van der Waals surface area contributed by atoms with Gasteiger partial charge in [-0.2, -0.15) is 0 Å². The molecule has 2 atom stereocenters. The monoisotopic (exact) mass is 283 g/mol. The van der Waals surface area contributed by atoms with Crippen molar-refractivity contribution in [3.05, 3.63) is 48.5 Å². The van der Waals surface area contributed by atoms with Gasteiger partial charge in [0.2, 0.25) is 0 Å². The van der Waals surface area contributed by atoms with E-state index in [9.17, 15) is 0 Å². The summed E-state index contributed by atoms with van der Waals surface area (Å²) in [6.07, 6.45) is 11.2. The van der Waals surface area contributed by atoms with Crippen LogP contribution < -0.4 is 5.32 Å². The molecule has 112 valence electrons. The van der Waals surface area contributed by atoms with Crippen LogP contribution >= 0.6 is 0 Å². The van der Waals surface area contributed by atoms with Crippen molar-refractivity contribution in [1.82, 2.24) is 14.9 Å². The minimum Gasteiger partial charge on any atom is -0.307 e. The Labute approximate surface area is 127 Å². The van der Waals surface area contributed by atoms with Crippen LogP contribution in [0.25, 0.3) is 5.69 Å². The summed E-state index contributed by atoms with van der Waals surface area (Å²) >= 11 is 0. The van der Waals surface area contributed by atoms with Gasteiger partial charge in [0.15, 0.2) is 0 Å². The first kappa shape index (κ1) is 14.3. The van der Waals surface area contributed by atoms with Crippen LogP contribution in [-0.4, -0.2) is 15.6 Å². The van der Waals surface area contributed by atoms with Gasteiger partial charge in [-0.05, 0) is 50.3 Å². The molecule has 3 nitrogen and oxygen atoms in total. The lowest BCUT2D eigenvalue weighted by atomic mass is 9.98. The molecule has 0 bridgehead atoms. The summed E-state index contributed by atoms with van der Waals surface area (Å²) in [5.41, 5.74) is 2.51. The van der Waals surface area contributed by atoms with Gasteiger partial charge in [-0.15, -0.1) is 0 Å². The lowest BCUT2D eigenvalue weighted by Gasteiger charge is -2.25. The maximum atomic E-state index is 4.09. The Morgan fingerprint density at radius 1 is 1.14 bits per heavy atom. The number of benzene rings is 1. The van der Waals surface area contributed by atoms with Crippen LogP contribution in [0.2, 0.25) is 0 Å². The molecule has 0 amide bonds. The molecule has 3 rings (SSSR count). The fraction of sp³-hybridized carbons (Fsp3) is 0.500. The Hall–Kier alpha value is -1.61. The van der Waals surface area contributed by atoms with Crippen molar-refractivity contribution < 1.29 is 0 Å². The third kappa shape index (κ3) is 3.35. The Morgan fingerprint density at radius 2 is 1.86 bits per heavy atom. The summed E-state index contributed by atoms with van der Waals surface area (Å²) in [4.78, 5) is 4.09. The lowest BCUT2D eigenvalue weighted by Crippen LogP contribution is -2.34. The van der Waals surface area contributed by atoms with Crippen LogP contribution in [-0.2, 0) is 0 Å². The molecule has 1 saturated carbocycles. The summed E-state index contributed by atoms with van der Waals surface area (Å²) in [6, 6.07) is 9.77. The van der Waals surface area contributed by atoms with Crippen molar-refractivity contribution >= 4 is 0 Å². The van der Waals surface area contributed by atoms with Crippen LogP contribution in [0.4, 0.5) is 0 Å². The SMILES string of the molecule is CC(N[C@@H](C)C1CCCC1)c1ccc(-n2ccnc2)cc1. The zero-order valence-electron chi connectivity index (χ0n) is 13.0. The van der Waals surface area contributed by atoms with Gasteiger partial charge in [0.25, 0.3) is 0 Å². The average Bonchev–Trinajstić information content (AvgIpc) is 3.20. The van der Waals surface area contributed by atoms with Gasteiger partial charge in [-0.3, -0.25) is 0 Å². The van der Waals surface area contributed by atoms with E-state index in [1.807, 2.05) is 17.1 Å². The molecular formula is C18H25N3. The van der Waals surface area contributed by atoms with E-state index in [0.29, 0.717) is 12.1 Å². The Bertz CT molecular complexity index is 538. The van der Waals surface area contributed by atoms with Gasteiger partial charge in [0, 0.05) is 30.2 Å². The van der Waals surface area contributed by atoms with E-state index in [4.69, 9.17) is 0 Å². The highest BCUT2D eigenvalue weighted by Crippen LogP contribution is 2.28. The minimum atomic E-state index is 0.400. The highest BCUT2D eigenvalue weighted by atomic mass is 15.0. The molecule has 1 aliphatic rings. The van der Waals surface area contributed by atoms with E-state index < -0.39 is 0 Å². The Morgan fingerprint density at radius 3 is 2.48 bits per heavy atom. The molecule has 1 aromatic heterocycles. The second-order valence-electron chi connectivity index (χ2n) is 6.28. The van der Waals surface area contributed by atoms with Gasteiger partial charge >= 0.3 is 0 Å². The molecule has 1 N–H and O–H groups in total. The molecule has 1 heterocycles. The predicted molar refractivity (Wildman–Crippen MR) is 86.5 cm³/mol. The van der Waals surface area contributed by atoms with E-state index >= 15 is 0 Å². The number of imidazole rings is 1. The zero-order chi connectivity index (χ0) is 14.7. The van der Waals surface area contributed by atoms with Crippen LogP contribution in [0.5, 0.6) is 0 Å². The topological polar surface area (TPSA) is 29.9 Å². The first-order chi connectivity index (χ1) is 10.2. The highest BCUT2D eigenvalue weighted by Gasteiger charge is 2.22. The van der Waals surface area contributed by atoms with E-state index in [-0.39, 0.29) is 0 Å². The predicted octanol–water partition coefficient (Wildman–Crippen LogP) is 4.10. The second kappa shape index (κ2) is 6.44. The molecule has 1 fully saturated rings. The van der Waals surface area contributed by atoms with Crippen molar-refractivity contribution in [1.29, 1.82) is 0 Å². The average molecular weight is 283 g/mol. The molecule has 3 heteroatoms. The number of nitrogens with zero attached hydrogens (tertiary/aromatic N) is 2. The Kier molecular flexibility index (Phi) is 4.39. The Balaban J connectivity index is 1.63. The molecule has 21 heavy (non-hydrogen) atoms. The molecule has 0 spiro atoms. The van der Waals surface area contributed by atoms with Crippen molar-refractivity contribution in [2.45, 2.75) is 51.6 Å². The standard InChI is InChI=1S/C18H25N3/c1-14(16-5-3-4-6-16)20-15(2)17-7-9-18(10-8-17)21-12-11-19-13-21/h7-16,20H,3-6H2,1-2H3/t14-,15?/m0/s1. The fourth-order valence-electron chi connectivity index (χ4n) is 3.43. The number of hydrogen-bond acceptors (Lipinski definition) is 2. The van der Waals surface area contributed by atoms with Gasteiger partial charge in [0.1, 0.15) is 0 Å². The largest absolute Gasteiger partial charge is 0.307 e. The molecule has 2 aromatic rings. The molecule has 1 unspecified atom stereocenters. The normalized spacial score (nSPS) is 18.8. The number of aromatic nitrogens is 2. The van der Waals surface area contributed by atoms with Crippen molar-refractivity contribution in [3.8, 4) is 5.69 Å². The van der Waals surface area contributed by atoms with Crippen molar-refractivity contribution in [2.24, 2.45) is 5.92 Å². The molecule has 0 saturated heterocycles. The van der Waals surface area contributed by atoms with Crippen LogP contribution in [0.1, 0.15) is 51.1 Å². The van der Waals surface area contributed by atoms with Gasteiger partial charge < -0.3 is 9.88 Å². The maximum absolute atomic E-state index is 4.09. The van der Waals surface area contributed by atoms with E-state index in [1.54, 1.807) is 6.20 Å². The van der Waals surface area contributed by atoms with Gasteiger partial charge in [-0.25, -0.2) is 4.98 Å². The summed E-state index contributed by atoms with van der Waals surface area (Å²) < 4.78 is 2.03. The summed E-state index contributed by atoms with van der Waals surface area (Å²) in [5, 5.41) is 3.77. The fourth-order valence-corrected chi connectivity index (χ4v) is 3.43. The lowest BCUT2D eigenvalue weighted by molar-refractivity contribution is 0.352. The molecule has 0 aliphatic heterocycles. The summed E-state index contributed by atoms with van der Waals surface area (Å²) in [6.45, 7) is 4.60. The van der Waals surface area contributed by atoms with Gasteiger partial charge in [-0.1, -0.05) is 25.0 Å². The maximum Gasteiger partial charge on any atom is 0.0991 e. The third-order valence-electron chi connectivity index (χ3n) is 4.82. The third-order valence-corrected chi connectivity index (χ3v) is 4.82. The van der Waals surface area contributed by atoms with E-state index in [0.717, 1.165) is 11.6 Å². The number of hydrogen-bond donors (Lipinski definition) is 1.